The molecule has 0 atom stereocenters. The lowest BCUT2D eigenvalue weighted by Gasteiger charge is -2.07. The van der Waals surface area contributed by atoms with Crippen LogP contribution in [0, 0.1) is 11.8 Å². The molecule has 1 rings (SSSR count). The molecule has 0 aliphatic rings. The van der Waals surface area contributed by atoms with Gasteiger partial charge in [-0.15, -0.1) is 0 Å². The topological polar surface area (TPSA) is 26.3 Å². The Balaban J connectivity index is 2.92. The first-order chi connectivity index (χ1) is 7.65. The normalized spacial score (nSPS) is 9.50. The van der Waals surface area contributed by atoms with Crippen LogP contribution in [0.25, 0.3) is 0 Å². The van der Waals surface area contributed by atoms with Crippen molar-refractivity contribution in [2.75, 3.05) is 6.61 Å². The number of hydrogen-bond acceptors (Lipinski definition) is 2. The maximum Gasteiger partial charge on any atom is 0.384 e. The van der Waals surface area contributed by atoms with E-state index in [0.717, 1.165) is 11.1 Å². The number of ether oxygens (including phenoxy) is 1. The van der Waals surface area contributed by atoms with Gasteiger partial charge in [-0.2, -0.15) is 0 Å². The van der Waals surface area contributed by atoms with Gasteiger partial charge in [0.15, 0.2) is 0 Å². The number of rotatable bonds is 2. The molecule has 0 unspecified atom stereocenters. The van der Waals surface area contributed by atoms with Crippen LogP contribution in [-0.2, 0) is 9.53 Å². The maximum atomic E-state index is 11.1. The van der Waals surface area contributed by atoms with E-state index in [1.54, 1.807) is 6.92 Å². The average Bonchev–Trinajstić information content (AvgIpc) is 2.27. The van der Waals surface area contributed by atoms with Crippen molar-refractivity contribution in [2.24, 2.45) is 0 Å². The van der Waals surface area contributed by atoms with Crippen LogP contribution in [0.3, 0.4) is 0 Å². The van der Waals surface area contributed by atoms with Crippen molar-refractivity contribution in [2.45, 2.75) is 26.7 Å². The highest BCUT2D eigenvalue weighted by atomic mass is 16.5. The van der Waals surface area contributed by atoms with Crippen molar-refractivity contribution in [1.82, 2.24) is 0 Å². The fourth-order valence-electron chi connectivity index (χ4n) is 1.40. The van der Waals surface area contributed by atoms with Gasteiger partial charge in [-0.3, -0.25) is 0 Å². The summed E-state index contributed by atoms with van der Waals surface area (Å²) in [4.78, 5) is 11.1. The molecule has 0 saturated heterocycles. The van der Waals surface area contributed by atoms with Crippen LogP contribution in [0.1, 0.15) is 37.8 Å². The van der Waals surface area contributed by atoms with E-state index in [0.29, 0.717) is 12.5 Å². The van der Waals surface area contributed by atoms with Gasteiger partial charge in [-0.25, -0.2) is 4.79 Å². The van der Waals surface area contributed by atoms with Gasteiger partial charge < -0.3 is 4.74 Å². The van der Waals surface area contributed by atoms with Crippen LogP contribution in [0.4, 0.5) is 0 Å². The van der Waals surface area contributed by atoms with E-state index < -0.39 is 5.97 Å². The fourth-order valence-corrected chi connectivity index (χ4v) is 1.40. The molecule has 1 aromatic carbocycles. The molecule has 0 aliphatic carbocycles. The predicted molar refractivity (Wildman–Crippen MR) is 64.0 cm³/mol. The highest BCUT2D eigenvalue weighted by Crippen LogP contribution is 2.17. The van der Waals surface area contributed by atoms with E-state index in [1.807, 2.05) is 24.3 Å². The highest BCUT2D eigenvalue weighted by Gasteiger charge is 2.03. The van der Waals surface area contributed by atoms with E-state index in [4.69, 9.17) is 4.74 Å². The van der Waals surface area contributed by atoms with Crippen LogP contribution in [-0.4, -0.2) is 12.6 Å². The first-order valence-electron chi connectivity index (χ1n) is 5.42. The van der Waals surface area contributed by atoms with Crippen LogP contribution in [0.5, 0.6) is 0 Å². The summed E-state index contributed by atoms with van der Waals surface area (Å²) in [6, 6.07) is 7.84. The van der Waals surface area contributed by atoms with Gasteiger partial charge >= 0.3 is 5.97 Å². The molecule has 0 heterocycles. The molecule has 16 heavy (non-hydrogen) atoms. The molecule has 2 nitrogen and oxygen atoms in total. The Bertz CT molecular complexity index is 422. The van der Waals surface area contributed by atoms with E-state index in [-0.39, 0.29) is 0 Å². The molecular weight excluding hydrogens is 200 g/mol. The summed E-state index contributed by atoms with van der Waals surface area (Å²) >= 11 is 0. The summed E-state index contributed by atoms with van der Waals surface area (Å²) in [7, 11) is 0. The molecule has 0 amide bonds. The average molecular weight is 216 g/mol. The van der Waals surface area contributed by atoms with Crippen LogP contribution in [0.15, 0.2) is 24.3 Å². The molecule has 84 valence electrons. The molecule has 0 saturated carbocycles. The maximum absolute atomic E-state index is 11.1. The van der Waals surface area contributed by atoms with Gasteiger partial charge in [-0.1, -0.05) is 38.0 Å². The largest absolute Gasteiger partial charge is 0.456 e. The van der Waals surface area contributed by atoms with E-state index in [2.05, 4.69) is 25.7 Å². The number of esters is 1. The standard InChI is InChI=1S/C14H16O2/c1-4-16-14(15)10-9-12-7-5-6-8-13(12)11(2)3/h5-8,11H,4H2,1-3H3. The van der Waals surface area contributed by atoms with Crippen LogP contribution < -0.4 is 0 Å². The summed E-state index contributed by atoms with van der Waals surface area (Å²) < 4.78 is 4.75. The van der Waals surface area contributed by atoms with Crippen LogP contribution in [0.2, 0.25) is 0 Å². The third kappa shape index (κ3) is 3.43. The quantitative estimate of drug-likeness (QED) is 0.561. The Morgan fingerprint density at radius 3 is 2.69 bits per heavy atom. The Hall–Kier alpha value is -1.75. The smallest absolute Gasteiger partial charge is 0.384 e. The van der Waals surface area contributed by atoms with Gasteiger partial charge in [0.1, 0.15) is 0 Å². The first kappa shape index (κ1) is 12.3. The Morgan fingerprint density at radius 2 is 2.06 bits per heavy atom. The molecule has 0 N–H and O–H groups in total. The summed E-state index contributed by atoms with van der Waals surface area (Å²) in [5.41, 5.74) is 2.05. The van der Waals surface area contributed by atoms with Crippen molar-refractivity contribution in [1.29, 1.82) is 0 Å². The van der Waals surface area contributed by atoms with E-state index in [1.165, 1.54) is 0 Å². The number of hydrogen-bond donors (Lipinski definition) is 0. The van der Waals surface area contributed by atoms with Crippen molar-refractivity contribution in [3.8, 4) is 11.8 Å². The molecule has 0 spiro atoms. The first-order valence-corrected chi connectivity index (χ1v) is 5.42. The lowest BCUT2D eigenvalue weighted by molar-refractivity contribution is -0.136. The van der Waals surface area contributed by atoms with Crippen molar-refractivity contribution in [3.63, 3.8) is 0 Å². The summed E-state index contributed by atoms with van der Waals surface area (Å²) in [5, 5.41) is 0. The predicted octanol–water partition coefficient (Wildman–Crippen LogP) is 2.72. The number of carbonyl (C=O) groups is 1. The van der Waals surface area contributed by atoms with Gasteiger partial charge in [-0.05, 0) is 24.5 Å². The molecule has 1 aromatic rings. The van der Waals surface area contributed by atoms with Gasteiger partial charge in [0.25, 0.3) is 0 Å². The molecule has 0 aliphatic heterocycles. The minimum Gasteiger partial charge on any atom is -0.456 e. The second-order valence-corrected chi connectivity index (χ2v) is 3.71. The van der Waals surface area contributed by atoms with E-state index >= 15 is 0 Å². The zero-order valence-corrected chi connectivity index (χ0v) is 9.91. The molecule has 0 radical (unpaired) electrons. The lowest BCUT2D eigenvalue weighted by Crippen LogP contribution is -2.00. The van der Waals surface area contributed by atoms with Crippen molar-refractivity contribution in [3.05, 3.63) is 35.4 Å². The third-order valence-electron chi connectivity index (χ3n) is 2.16. The molecule has 0 fully saturated rings. The zero-order chi connectivity index (χ0) is 12.0. The van der Waals surface area contributed by atoms with Crippen molar-refractivity contribution >= 4 is 5.97 Å². The zero-order valence-electron chi connectivity index (χ0n) is 9.91. The minimum absolute atomic E-state index is 0.360. The van der Waals surface area contributed by atoms with E-state index in [9.17, 15) is 4.79 Å². The Kier molecular flexibility index (Phi) is 4.60. The highest BCUT2D eigenvalue weighted by molar-refractivity contribution is 5.89. The molecular formula is C14H16O2. The second kappa shape index (κ2) is 5.97. The van der Waals surface area contributed by atoms with Gasteiger partial charge in [0, 0.05) is 11.5 Å². The third-order valence-corrected chi connectivity index (χ3v) is 2.16. The molecule has 0 bridgehead atoms. The Morgan fingerprint density at radius 1 is 1.38 bits per heavy atom. The Labute approximate surface area is 96.6 Å². The summed E-state index contributed by atoms with van der Waals surface area (Å²) in [6.45, 7) is 6.33. The summed E-state index contributed by atoms with van der Waals surface area (Å²) in [6.07, 6.45) is 0. The van der Waals surface area contributed by atoms with Crippen molar-refractivity contribution < 1.29 is 9.53 Å². The SMILES string of the molecule is CCOC(=O)C#Cc1ccccc1C(C)C. The minimum atomic E-state index is -0.471. The van der Waals surface area contributed by atoms with Gasteiger partial charge in [0.2, 0.25) is 0 Å². The summed E-state index contributed by atoms with van der Waals surface area (Å²) in [5.74, 6) is 5.26. The second-order valence-electron chi connectivity index (χ2n) is 3.71. The number of benzene rings is 1. The lowest BCUT2D eigenvalue weighted by atomic mass is 9.98. The molecule has 0 aromatic heterocycles. The molecule has 2 heteroatoms. The van der Waals surface area contributed by atoms with Crippen LogP contribution >= 0.6 is 0 Å². The fraction of sp³-hybridized carbons (Fsp3) is 0.357. The number of carbonyl (C=O) groups excluding carboxylic acids is 1. The monoisotopic (exact) mass is 216 g/mol. The van der Waals surface area contributed by atoms with Gasteiger partial charge in [0.05, 0.1) is 6.61 Å².